The Morgan fingerprint density at radius 3 is 2.47 bits per heavy atom. The van der Waals surface area contributed by atoms with Gasteiger partial charge in [0, 0.05) is 23.1 Å². The smallest absolute Gasteiger partial charge is 0.253 e. The Balaban J connectivity index is 2.84. The molecule has 0 unspecified atom stereocenters. The predicted octanol–water partition coefficient (Wildman–Crippen LogP) is 2.06. The summed E-state index contributed by atoms with van der Waals surface area (Å²) < 4.78 is 0. The number of aromatic nitrogens is 1. The second kappa shape index (κ2) is 6.00. The van der Waals surface area contributed by atoms with Gasteiger partial charge in [0.2, 0.25) is 5.56 Å². The van der Waals surface area contributed by atoms with E-state index < -0.39 is 0 Å². The lowest BCUT2D eigenvalue weighted by Gasteiger charge is -2.30. The number of amides is 1. The number of hydrogen-bond acceptors (Lipinski definition) is 2. The van der Waals surface area contributed by atoms with Crippen LogP contribution in [0.1, 0.15) is 37.0 Å². The molecule has 0 aliphatic heterocycles. The molecule has 0 saturated heterocycles. The van der Waals surface area contributed by atoms with E-state index in [0.717, 1.165) is 12.8 Å². The predicted molar refractivity (Wildman–Crippen MR) is 71.6 cm³/mol. The summed E-state index contributed by atoms with van der Waals surface area (Å²) in [6.45, 7) is 4.08. The number of aromatic amines is 1. The molecule has 0 fully saturated rings. The molecular weight excluding hydrogens is 284 g/mol. The third-order valence-corrected chi connectivity index (χ3v) is 4.11. The Morgan fingerprint density at radius 1 is 1.41 bits per heavy atom. The molecule has 0 radical (unpaired) electrons. The highest BCUT2D eigenvalue weighted by molar-refractivity contribution is 9.09. The van der Waals surface area contributed by atoms with Crippen LogP contribution in [0.15, 0.2) is 23.1 Å². The van der Waals surface area contributed by atoms with Gasteiger partial charge in [0.25, 0.3) is 5.91 Å². The number of rotatable bonds is 5. The topological polar surface area (TPSA) is 62.0 Å². The molecule has 1 heterocycles. The van der Waals surface area contributed by atoms with Gasteiger partial charge in [0.1, 0.15) is 0 Å². The average Bonchev–Trinajstić information content (AvgIpc) is 2.37. The minimum atomic E-state index is -0.229. The van der Waals surface area contributed by atoms with Crippen molar-refractivity contribution in [3.05, 3.63) is 34.2 Å². The molecule has 0 aliphatic rings. The van der Waals surface area contributed by atoms with E-state index in [4.69, 9.17) is 0 Å². The van der Waals surface area contributed by atoms with Crippen LogP contribution in [0.5, 0.6) is 0 Å². The largest absolute Gasteiger partial charge is 0.346 e. The van der Waals surface area contributed by atoms with Crippen LogP contribution in [0.2, 0.25) is 0 Å². The minimum Gasteiger partial charge on any atom is -0.346 e. The van der Waals surface area contributed by atoms with Gasteiger partial charge in [-0.3, -0.25) is 9.59 Å². The third-order valence-electron chi connectivity index (χ3n) is 3.03. The number of carbonyl (C=O) groups is 1. The molecule has 0 atom stereocenters. The van der Waals surface area contributed by atoms with Crippen molar-refractivity contribution in [2.75, 3.05) is 5.33 Å². The number of halogens is 1. The number of pyridine rings is 1. The van der Waals surface area contributed by atoms with Crippen LogP contribution in [0, 0.1) is 0 Å². The molecule has 17 heavy (non-hydrogen) atoms. The Bertz CT molecular complexity index is 410. The molecule has 1 rings (SSSR count). The SMILES string of the molecule is CCC(CC)(CBr)NC(=O)c1ccc(=O)[nH]c1. The fourth-order valence-corrected chi connectivity index (χ4v) is 2.45. The van der Waals surface area contributed by atoms with E-state index in [-0.39, 0.29) is 17.0 Å². The minimum absolute atomic E-state index is 0.163. The van der Waals surface area contributed by atoms with Crippen LogP contribution >= 0.6 is 15.9 Å². The number of nitrogens with one attached hydrogen (secondary N) is 2. The number of alkyl halides is 1. The second-order valence-electron chi connectivity index (χ2n) is 4.02. The van der Waals surface area contributed by atoms with Gasteiger partial charge in [-0.2, -0.15) is 0 Å². The van der Waals surface area contributed by atoms with Crippen LogP contribution in [0.4, 0.5) is 0 Å². The molecule has 4 nitrogen and oxygen atoms in total. The molecule has 0 saturated carbocycles. The Kier molecular flexibility index (Phi) is 4.93. The van der Waals surface area contributed by atoms with Gasteiger partial charge in [0.15, 0.2) is 0 Å². The number of H-pyrrole nitrogens is 1. The summed E-state index contributed by atoms with van der Waals surface area (Å²) in [7, 11) is 0. The van der Waals surface area contributed by atoms with E-state index in [9.17, 15) is 9.59 Å². The third kappa shape index (κ3) is 3.43. The average molecular weight is 301 g/mol. The first-order chi connectivity index (χ1) is 8.06. The Morgan fingerprint density at radius 2 is 2.06 bits per heavy atom. The zero-order valence-corrected chi connectivity index (χ0v) is 11.6. The lowest BCUT2D eigenvalue weighted by atomic mass is 9.95. The van der Waals surface area contributed by atoms with Gasteiger partial charge in [-0.25, -0.2) is 0 Å². The van der Waals surface area contributed by atoms with Crippen molar-refractivity contribution in [2.24, 2.45) is 0 Å². The molecular formula is C12H17BrN2O2. The van der Waals surface area contributed by atoms with E-state index in [0.29, 0.717) is 10.9 Å². The molecule has 1 aromatic rings. The van der Waals surface area contributed by atoms with Gasteiger partial charge < -0.3 is 10.3 Å². The maximum absolute atomic E-state index is 12.0. The van der Waals surface area contributed by atoms with Crippen molar-refractivity contribution in [1.29, 1.82) is 0 Å². The van der Waals surface area contributed by atoms with Crippen molar-refractivity contribution >= 4 is 21.8 Å². The number of hydrogen-bond donors (Lipinski definition) is 2. The fraction of sp³-hybridized carbons (Fsp3) is 0.500. The Hall–Kier alpha value is -1.10. The maximum atomic E-state index is 12.0. The fourth-order valence-electron chi connectivity index (χ4n) is 1.51. The molecule has 0 bridgehead atoms. The molecule has 94 valence electrons. The van der Waals surface area contributed by atoms with Crippen LogP contribution in [-0.2, 0) is 0 Å². The zero-order valence-electron chi connectivity index (χ0n) is 10.0. The second-order valence-corrected chi connectivity index (χ2v) is 4.58. The Labute approximate surface area is 109 Å². The lowest BCUT2D eigenvalue weighted by molar-refractivity contribution is 0.0903. The van der Waals surface area contributed by atoms with Crippen molar-refractivity contribution in [3.63, 3.8) is 0 Å². The monoisotopic (exact) mass is 300 g/mol. The van der Waals surface area contributed by atoms with E-state index in [1.54, 1.807) is 0 Å². The standard InChI is InChI=1S/C12H17BrN2O2/c1-3-12(4-2,8-13)15-11(17)9-5-6-10(16)14-7-9/h5-7H,3-4,8H2,1-2H3,(H,14,16)(H,15,17). The number of carbonyl (C=O) groups excluding carboxylic acids is 1. The van der Waals surface area contributed by atoms with Gasteiger partial charge in [-0.1, -0.05) is 29.8 Å². The van der Waals surface area contributed by atoms with Gasteiger partial charge >= 0.3 is 0 Å². The zero-order chi connectivity index (χ0) is 12.9. The summed E-state index contributed by atoms with van der Waals surface area (Å²) in [6, 6.07) is 2.88. The summed E-state index contributed by atoms with van der Waals surface area (Å²) >= 11 is 3.43. The van der Waals surface area contributed by atoms with Crippen LogP contribution in [0.3, 0.4) is 0 Å². The van der Waals surface area contributed by atoms with Gasteiger partial charge in [-0.15, -0.1) is 0 Å². The summed E-state index contributed by atoms with van der Waals surface area (Å²) in [5, 5.41) is 3.72. The van der Waals surface area contributed by atoms with Crippen LogP contribution < -0.4 is 10.9 Å². The normalized spacial score (nSPS) is 11.2. The van der Waals surface area contributed by atoms with Crippen LogP contribution in [-0.4, -0.2) is 21.8 Å². The molecule has 0 aliphatic carbocycles. The summed E-state index contributed by atoms with van der Waals surface area (Å²) in [5.41, 5.74) is 0.0313. The van der Waals surface area contributed by atoms with Crippen molar-refractivity contribution < 1.29 is 4.79 Å². The maximum Gasteiger partial charge on any atom is 0.253 e. The first kappa shape index (κ1) is 14.0. The quantitative estimate of drug-likeness (QED) is 0.818. The summed E-state index contributed by atoms with van der Waals surface area (Å²) in [5.74, 6) is -0.163. The van der Waals surface area contributed by atoms with E-state index in [1.807, 2.05) is 13.8 Å². The highest BCUT2D eigenvalue weighted by Crippen LogP contribution is 2.18. The molecule has 1 amide bonds. The summed E-state index contributed by atoms with van der Waals surface area (Å²) in [6.07, 6.45) is 3.13. The molecule has 2 N–H and O–H groups in total. The highest BCUT2D eigenvalue weighted by Gasteiger charge is 2.27. The van der Waals surface area contributed by atoms with Crippen molar-refractivity contribution in [3.8, 4) is 0 Å². The van der Waals surface area contributed by atoms with Gasteiger partial charge in [-0.05, 0) is 18.9 Å². The van der Waals surface area contributed by atoms with E-state index >= 15 is 0 Å². The van der Waals surface area contributed by atoms with E-state index in [1.165, 1.54) is 18.3 Å². The van der Waals surface area contributed by atoms with Gasteiger partial charge in [0.05, 0.1) is 5.56 Å². The van der Waals surface area contributed by atoms with Crippen LogP contribution in [0.25, 0.3) is 0 Å². The molecule has 5 heteroatoms. The molecule has 0 aromatic carbocycles. The highest BCUT2D eigenvalue weighted by atomic mass is 79.9. The first-order valence-electron chi connectivity index (χ1n) is 5.64. The first-order valence-corrected chi connectivity index (χ1v) is 6.76. The molecule has 1 aromatic heterocycles. The summed E-state index contributed by atoms with van der Waals surface area (Å²) in [4.78, 5) is 25.4. The lowest BCUT2D eigenvalue weighted by Crippen LogP contribution is -2.49. The van der Waals surface area contributed by atoms with Crippen molar-refractivity contribution in [2.45, 2.75) is 32.2 Å². The van der Waals surface area contributed by atoms with Crippen molar-refractivity contribution in [1.82, 2.24) is 10.3 Å². The van der Waals surface area contributed by atoms with E-state index in [2.05, 4.69) is 26.2 Å². The molecule has 0 spiro atoms.